The molecule has 0 saturated heterocycles. The van der Waals surface area contributed by atoms with Crippen molar-refractivity contribution in [2.45, 2.75) is 64.0 Å². The largest absolute Gasteiger partial charge is 0.469 e. The number of esters is 1. The maximum Gasteiger partial charge on any atom is 0.302 e. The third-order valence-corrected chi connectivity index (χ3v) is 4.61. The van der Waals surface area contributed by atoms with Crippen LogP contribution in [-0.4, -0.2) is 36.0 Å². The van der Waals surface area contributed by atoms with Gasteiger partial charge < -0.3 is 9.64 Å². The first kappa shape index (κ1) is 19.3. The standard InChI is InChI=1S/C16H19F2NO.C3H6O2/c17-14-8-4-7-13(15(14)18)16(20)19(12-9-10-12)11-5-2-1-3-6-11;1-3(4)5-2/h4,7-8,11-12H,1-3,5-6,9-10H2;1-2H3. The molecule has 0 unspecified atom stereocenters. The van der Waals surface area contributed by atoms with Gasteiger partial charge in [-0.25, -0.2) is 8.78 Å². The van der Waals surface area contributed by atoms with E-state index >= 15 is 0 Å². The van der Waals surface area contributed by atoms with Crippen LogP contribution in [0.4, 0.5) is 8.78 Å². The van der Waals surface area contributed by atoms with E-state index in [4.69, 9.17) is 0 Å². The zero-order valence-electron chi connectivity index (χ0n) is 14.8. The summed E-state index contributed by atoms with van der Waals surface area (Å²) < 4.78 is 31.3. The Hall–Kier alpha value is -1.98. The van der Waals surface area contributed by atoms with Crippen molar-refractivity contribution in [1.29, 1.82) is 0 Å². The molecule has 1 aromatic rings. The van der Waals surface area contributed by atoms with Crippen molar-refractivity contribution in [2.75, 3.05) is 7.11 Å². The Morgan fingerprint density at radius 2 is 1.60 bits per heavy atom. The number of ether oxygens (including phenoxy) is 1. The lowest BCUT2D eigenvalue weighted by Gasteiger charge is -2.34. The number of amides is 1. The van der Waals surface area contributed by atoms with Gasteiger partial charge in [-0.3, -0.25) is 9.59 Å². The Kier molecular flexibility index (Phi) is 6.91. The van der Waals surface area contributed by atoms with Crippen molar-refractivity contribution >= 4 is 11.9 Å². The summed E-state index contributed by atoms with van der Waals surface area (Å²) in [6.07, 6.45) is 7.38. The van der Waals surface area contributed by atoms with Gasteiger partial charge in [-0.2, -0.15) is 0 Å². The van der Waals surface area contributed by atoms with E-state index in [9.17, 15) is 18.4 Å². The SMILES string of the molecule is COC(C)=O.O=C(c1cccc(F)c1F)N(C1CCCCC1)C1CC1. The normalized spacial score (nSPS) is 17.3. The number of carbonyl (C=O) groups excluding carboxylic acids is 2. The summed E-state index contributed by atoms with van der Waals surface area (Å²) in [4.78, 5) is 24.0. The van der Waals surface area contributed by atoms with Gasteiger partial charge in [0.2, 0.25) is 0 Å². The summed E-state index contributed by atoms with van der Waals surface area (Å²) in [5.41, 5.74) is -0.123. The van der Waals surface area contributed by atoms with Crippen molar-refractivity contribution in [3.8, 4) is 0 Å². The third-order valence-electron chi connectivity index (χ3n) is 4.61. The van der Waals surface area contributed by atoms with Crippen molar-refractivity contribution in [2.24, 2.45) is 0 Å². The number of rotatable bonds is 3. The molecule has 0 bridgehead atoms. The minimum Gasteiger partial charge on any atom is -0.469 e. The molecular weight excluding hydrogens is 328 g/mol. The quantitative estimate of drug-likeness (QED) is 0.769. The highest BCUT2D eigenvalue weighted by atomic mass is 19.2. The molecule has 4 nitrogen and oxygen atoms in total. The van der Waals surface area contributed by atoms with Crippen LogP contribution < -0.4 is 0 Å². The maximum atomic E-state index is 13.8. The molecule has 2 saturated carbocycles. The van der Waals surface area contributed by atoms with Crippen molar-refractivity contribution in [3.05, 3.63) is 35.4 Å². The zero-order valence-corrected chi connectivity index (χ0v) is 14.8. The predicted molar refractivity (Wildman–Crippen MR) is 90.1 cm³/mol. The average Bonchev–Trinajstić information content (AvgIpc) is 3.44. The molecular formula is C19H25F2NO3. The predicted octanol–water partition coefficient (Wildman–Crippen LogP) is 4.08. The van der Waals surface area contributed by atoms with Gasteiger partial charge in [0.15, 0.2) is 11.6 Å². The molecule has 3 rings (SSSR count). The zero-order chi connectivity index (χ0) is 18.4. The van der Waals surface area contributed by atoms with Gasteiger partial charge in [-0.05, 0) is 37.8 Å². The molecule has 6 heteroatoms. The van der Waals surface area contributed by atoms with E-state index in [1.807, 2.05) is 4.90 Å². The van der Waals surface area contributed by atoms with Gasteiger partial charge in [0.05, 0.1) is 12.7 Å². The molecule has 2 aliphatic carbocycles. The molecule has 1 amide bonds. The van der Waals surface area contributed by atoms with Crippen LogP contribution in [0.15, 0.2) is 18.2 Å². The molecule has 2 aliphatic rings. The molecule has 0 heterocycles. The summed E-state index contributed by atoms with van der Waals surface area (Å²) in [5, 5.41) is 0. The molecule has 0 spiro atoms. The molecule has 0 atom stereocenters. The Morgan fingerprint density at radius 1 is 1.04 bits per heavy atom. The van der Waals surface area contributed by atoms with Crippen molar-refractivity contribution in [1.82, 2.24) is 4.90 Å². The van der Waals surface area contributed by atoms with E-state index in [-0.39, 0.29) is 29.5 Å². The summed E-state index contributed by atoms with van der Waals surface area (Å²) in [6, 6.07) is 4.27. The van der Waals surface area contributed by atoms with Crippen LogP contribution >= 0.6 is 0 Å². The molecule has 138 valence electrons. The number of nitrogens with zero attached hydrogens (tertiary/aromatic N) is 1. The number of hydrogen-bond acceptors (Lipinski definition) is 3. The lowest BCUT2D eigenvalue weighted by atomic mass is 9.93. The third kappa shape index (κ3) is 5.25. The van der Waals surface area contributed by atoms with Gasteiger partial charge in [0, 0.05) is 19.0 Å². The molecule has 0 radical (unpaired) electrons. The molecule has 0 N–H and O–H groups in total. The second-order valence-corrected chi connectivity index (χ2v) is 6.53. The number of carbonyl (C=O) groups is 2. The van der Waals surface area contributed by atoms with E-state index < -0.39 is 11.6 Å². The fourth-order valence-electron chi connectivity index (χ4n) is 3.15. The topological polar surface area (TPSA) is 46.6 Å². The smallest absolute Gasteiger partial charge is 0.302 e. The molecule has 0 aliphatic heterocycles. The van der Waals surface area contributed by atoms with Gasteiger partial charge in [-0.15, -0.1) is 0 Å². The van der Waals surface area contributed by atoms with E-state index in [0.717, 1.165) is 44.6 Å². The molecule has 0 aromatic heterocycles. The fraction of sp³-hybridized carbons (Fsp3) is 0.579. The Morgan fingerprint density at radius 3 is 2.12 bits per heavy atom. The highest BCUT2D eigenvalue weighted by Gasteiger charge is 2.39. The average molecular weight is 353 g/mol. The first-order chi connectivity index (χ1) is 12.0. The number of benzene rings is 1. The van der Waals surface area contributed by atoms with Crippen LogP contribution in [0.3, 0.4) is 0 Å². The summed E-state index contributed by atoms with van der Waals surface area (Å²) in [6.45, 7) is 1.36. The summed E-state index contributed by atoms with van der Waals surface area (Å²) in [5.74, 6) is -2.55. The van der Waals surface area contributed by atoms with Gasteiger partial charge in [0.1, 0.15) is 0 Å². The Labute approximate surface area is 147 Å². The van der Waals surface area contributed by atoms with Crippen LogP contribution in [0.1, 0.15) is 62.2 Å². The van der Waals surface area contributed by atoms with Gasteiger partial charge >= 0.3 is 5.97 Å². The van der Waals surface area contributed by atoms with E-state index in [1.165, 1.54) is 32.6 Å². The minimum absolute atomic E-state index is 0.123. The van der Waals surface area contributed by atoms with Crippen molar-refractivity contribution < 1.29 is 23.1 Å². The molecule has 25 heavy (non-hydrogen) atoms. The molecule has 1 aromatic carbocycles. The van der Waals surface area contributed by atoms with Gasteiger partial charge in [0.25, 0.3) is 5.91 Å². The van der Waals surface area contributed by atoms with Crippen LogP contribution in [0.25, 0.3) is 0 Å². The highest BCUT2D eigenvalue weighted by Crippen LogP contribution is 2.35. The second kappa shape index (κ2) is 8.92. The van der Waals surface area contributed by atoms with Crippen LogP contribution in [-0.2, 0) is 9.53 Å². The van der Waals surface area contributed by atoms with Gasteiger partial charge in [-0.1, -0.05) is 25.3 Å². The van der Waals surface area contributed by atoms with E-state index in [1.54, 1.807) is 0 Å². The minimum atomic E-state index is -1.01. The number of methoxy groups -OCH3 is 1. The second-order valence-electron chi connectivity index (χ2n) is 6.53. The van der Waals surface area contributed by atoms with Crippen LogP contribution in [0.5, 0.6) is 0 Å². The van der Waals surface area contributed by atoms with E-state index in [2.05, 4.69) is 4.74 Å². The summed E-state index contributed by atoms with van der Waals surface area (Å²) in [7, 11) is 1.35. The Bertz CT molecular complexity index is 611. The van der Waals surface area contributed by atoms with Crippen LogP contribution in [0.2, 0.25) is 0 Å². The highest BCUT2D eigenvalue weighted by molar-refractivity contribution is 5.95. The Balaban J connectivity index is 0.000000399. The van der Waals surface area contributed by atoms with E-state index in [0.29, 0.717) is 0 Å². The molecule has 2 fully saturated rings. The van der Waals surface area contributed by atoms with Crippen LogP contribution in [0, 0.1) is 11.6 Å². The lowest BCUT2D eigenvalue weighted by Crippen LogP contribution is -2.43. The summed E-state index contributed by atoms with van der Waals surface area (Å²) >= 11 is 0. The lowest BCUT2D eigenvalue weighted by molar-refractivity contribution is -0.137. The maximum absolute atomic E-state index is 13.8. The monoisotopic (exact) mass is 353 g/mol. The fourth-order valence-corrected chi connectivity index (χ4v) is 3.15. The number of hydrogen-bond donors (Lipinski definition) is 0. The number of halogens is 2. The first-order valence-corrected chi connectivity index (χ1v) is 8.77. The first-order valence-electron chi connectivity index (χ1n) is 8.77. The van der Waals surface area contributed by atoms with Crippen molar-refractivity contribution in [3.63, 3.8) is 0 Å².